The summed E-state index contributed by atoms with van der Waals surface area (Å²) in [4.78, 5) is 8.17. The van der Waals surface area contributed by atoms with E-state index >= 15 is 0 Å². The van der Waals surface area contributed by atoms with Crippen molar-refractivity contribution in [2.45, 2.75) is 263 Å². The van der Waals surface area contributed by atoms with Gasteiger partial charge in [-0.05, 0) is 42.2 Å². The van der Waals surface area contributed by atoms with Crippen LogP contribution >= 0.6 is 0 Å². The predicted molar refractivity (Wildman–Crippen MR) is 246 cm³/mol. The molecule has 0 aromatic heterocycles. The lowest BCUT2D eigenvalue weighted by molar-refractivity contribution is -0.0980. The normalized spacial score (nSPS) is 11.6. The van der Waals surface area contributed by atoms with Gasteiger partial charge in [0.25, 0.3) is 10.1 Å². The summed E-state index contributed by atoms with van der Waals surface area (Å²) in [6.07, 6.45) is 50.3. The SMILES string of the molecule is C=O.CCCCCCCCCCCCCCCCCCCCc1cc2ccccc2c(S(=O)(=O)O)c1CCCCCCCCCCCCCCCCCCCC. The zero-order valence-corrected chi connectivity index (χ0v) is 37.9. The molecule has 2 aromatic rings. The van der Waals surface area contributed by atoms with E-state index < -0.39 is 10.1 Å². The van der Waals surface area contributed by atoms with E-state index in [4.69, 9.17) is 4.79 Å². The van der Waals surface area contributed by atoms with Gasteiger partial charge < -0.3 is 4.79 Å². The lowest BCUT2D eigenvalue weighted by Gasteiger charge is -2.17. The van der Waals surface area contributed by atoms with Gasteiger partial charge in [0.05, 0.1) is 0 Å². The molecule has 0 heterocycles. The third-order valence-electron chi connectivity index (χ3n) is 12.0. The number of hydrogen-bond donors (Lipinski definition) is 1. The molecule has 2 rings (SSSR count). The first kappa shape index (κ1) is 52.3. The van der Waals surface area contributed by atoms with Gasteiger partial charge in [-0.15, -0.1) is 0 Å². The molecular formula is C51H90O4S. The van der Waals surface area contributed by atoms with E-state index in [0.717, 1.165) is 48.6 Å². The zero-order valence-electron chi connectivity index (χ0n) is 37.0. The third-order valence-corrected chi connectivity index (χ3v) is 13.0. The van der Waals surface area contributed by atoms with E-state index in [0.29, 0.717) is 5.39 Å². The van der Waals surface area contributed by atoms with Crippen molar-refractivity contribution < 1.29 is 17.8 Å². The van der Waals surface area contributed by atoms with E-state index in [-0.39, 0.29) is 4.90 Å². The summed E-state index contributed by atoms with van der Waals surface area (Å²) in [6, 6.07) is 9.91. The van der Waals surface area contributed by atoms with Crippen molar-refractivity contribution in [2.75, 3.05) is 0 Å². The molecule has 56 heavy (non-hydrogen) atoms. The highest BCUT2D eigenvalue weighted by Gasteiger charge is 2.22. The average Bonchev–Trinajstić information content (AvgIpc) is 3.20. The number of unbranched alkanes of at least 4 members (excludes halogenated alkanes) is 34. The van der Waals surface area contributed by atoms with Crippen LogP contribution in [0.25, 0.3) is 10.8 Å². The molecule has 0 saturated heterocycles. The van der Waals surface area contributed by atoms with Crippen molar-refractivity contribution in [3.8, 4) is 0 Å². The molecule has 0 aliphatic heterocycles. The topological polar surface area (TPSA) is 71.4 Å². The van der Waals surface area contributed by atoms with E-state index in [1.54, 1.807) is 0 Å². The first-order valence-corrected chi connectivity index (χ1v) is 25.7. The molecular weight excluding hydrogens is 709 g/mol. The fourth-order valence-electron chi connectivity index (χ4n) is 8.63. The highest BCUT2D eigenvalue weighted by molar-refractivity contribution is 7.86. The van der Waals surface area contributed by atoms with Gasteiger partial charge in [-0.3, -0.25) is 4.55 Å². The smallest absolute Gasteiger partial charge is 0.295 e. The Kier molecular flexibility index (Phi) is 35.1. The van der Waals surface area contributed by atoms with Crippen LogP contribution in [0.2, 0.25) is 0 Å². The second-order valence-corrected chi connectivity index (χ2v) is 18.4. The summed E-state index contributed by atoms with van der Waals surface area (Å²) in [6.45, 7) is 6.58. The third kappa shape index (κ3) is 27.1. The molecule has 0 radical (unpaired) electrons. The van der Waals surface area contributed by atoms with E-state index in [9.17, 15) is 13.0 Å². The number of aryl methyl sites for hydroxylation is 1. The van der Waals surface area contributed by atoms with Crippen LogP contribution in [0.3, 0.4) is 0 Å². The van der Waals surface area contributed by atoms with Crippen LogP contribution in [-0.4, -0.2) is 19.8 Å². The minimum Gasteiger partial charge on any atom is -0.307 e. The van der Waals surface area contributed by atoms with Crippen molar-refractivity contribution >= 4 is 27.7 Å². The summed E-state index contributed by atoms with van der Waals surface area (Å²) in [5.41, 5.74) is 2.00. The lowest BCUT2D eigenvalue weighted by Crippen LogP contribution is -2.08. The van der Waals surface area contributed by atoms with Gasteiger partial charge in [0.15, 0.2) is 0 Å². The molecule has 0 fully saturated rings. The molecule has 1 N–H and O–H groups in total. The van der Waals surface area contributed by atoms with Crippen molar-refractivity contribution in [3.05, 3.63) is 41.5 Å². The maximum absolute atomic E-state index is 12.8. The van der Waals surface area contributed by atoms with Crippen LogP contribution in [0.15, 0.2) is 35.2 Å². The summed E-state index contributed by atoms with van der Waals surface area (Å²) in [5, 5.41) is 1.59. The van der Waals surface area contributed by atoms with Crippen molar-refractivity contribution in [2.24, 2.45) is 0 Å². The summed E-state index contributed by atoms with van der Waals surface area (Å²) < 4.78 is 36.1. The maximum Gasteiger partial charge on any atom is 0.295 e. The van der Waals surface area contributed by atoms with Crippen molar-refractivity contribution in [1.29, 1.82) is 0 Å². The molecule has 0 aliphatic rings. The van der Waals surface area contributed by atoms with Crippen molar-refractivity contribution in [3.63, 3.8) is 0 Å². The molecule has 0 saturated carbocycles. The number of carbonyl (C=O) groups excluding carboxylic acids is 1. The monoisotopic (exact) mass is 799 g/mol. The second-order valence-electron chi connectivity index (χ2n) is 17.1. The highest BCUT2D eigenvalue weighted by atomic mass is 32.2. The molecule has 0 atom stereocenters. The molecule has 4 nitrogen and oxygen atoms in total. The van der Waals surface area contributed by atoms with Crippen LogP contribution < -0.4 is 0 Å². The molecule has 5 heteroatoms. The Morgan fingerprint density at radius 2 is 0.714 bits per heavy atom. The number of carbonyl (C=O) groups is 1. The maximum atomic E-state index is 12.8. The van der Waals surface area contributed by atoms with Gasteiger partial charge in [-0.25, -0.2) is 0 Å². The second kappa shape index (κ2) is 37.5. The van der Waals surface area contributed by atoms with Gasteiger partial charge in [-0.2, -0.15) is 8.42 Å². The zero-order chi connectivity index (χ0) is 40.8. The van der Waals surface area contributed by atoms with Crippen LogP contribution in [-0.2, 0) is 27.8 Å². The fraction of sp³-hybridized carbons (Fsp3) is 0.784. The van der Waals surface area contributed by atoms with E-state index in [1.165, 1.54) is 212 Å². The minimum atomic E-state index is -4.32. The Morgan fingerprint density at radius 3 is 1.04 bits per heavy atom. The van der Waals surface area contributed by atoms with Crippen molar-refractivity contribution in [1.82, 2.24) is 0 Å². The Morgan fingerprint density at radius 1 is 0.429 bits per heavy atom. The van der Waals surface area contributed by atoms with Gasteiger partial charge in [0.1, 0.15) is 11.7 Å². The van der Waals surface area contributed by atoms with Gasteiger partial charge in [0.2, 0.25) is 0 Å². The fourth-order valence-corrected chi connectivity index (χ4v) is 9.63. The Balaban J connectivity index is 0.00000771. The number of fused-ring (bicyclic) bond motifs is 1. The Hall–Kier alpha value is -1.72. The first-order chi connectivity index (χ1) is 27.5. The van der Waals surface area contributed by atoms with Crippen LogP contribution in [0.4, 0.5) is 0 Å². The van der Waals surface area contributed by atoms with Gasteiger partial charge in [-0.1, -0.05) is 262 Å². The molecule has 0 aliphatic carbocycles. The highest BCUT2D eigenvalue weighted by Crippen LogP contribution is 2.32. The van der Waals surface area contributed by atoms with Gasteiger partial charge in [0, 0.05) is 5.39 Å². The van der Waals surface area contributed by atoms with E-state index in [2.05, 4.69) is 19.9 Å². The van der Waals surface area contributed by atoms with Gasteiger partial charge >= 0.3 is 0 Å². The first-order valence-electron chi connectivity index (χ1n) is 24.3. The summed E-state index contributed by atoms with van der Waals surface area (Å²) in [7, 11) is -4.32. The number of hydrogen-bond acceptors (Lipinski definition) is 3. The summed E-state index contributed by atoms with van der Waals surface area (Å²) >= 11 is 0. The Bertz CT molecular complexity index is 1270. The molecule has 0 bridgehead atoms. The summed E-state index contributed by atoms with van der Waals surface area (Å²) in [5.74, 6) is 0. The lowest BCUT2D eigenvalue weighted by atomic mass is 9.93. The molecule has 0 unspecified atom stereocenters. The predicted octanol–water partition coefficient (Wildman–Crippen LogP) is 17.1. The number of rotatable bonds is 39. The quantitative estimate of drug-likeness (QED) is 0.0540. The molecule has 2 aromatic carbocycles. The van der Waals surface area contributed by atoms with E-state index in [1.807, 2.05) is 31.1 Å². The largest absolute Gasteiger partial charge is 0.307 e. The average molecular weight is 799 g/mol. The number of benzene rings is 2. The van der Waals surface area contributed by atoms with Crippen LogP contribution in [0.5, 0.6) is 0 Å². The molecule has 0 amide bonds. The minimum absolute atomic E-state index is 0.171. The van der Waals surface area contributed by atoms with Crippen LogP contribution in [0, 0.1) is 0 Å². The molecule has 0 spiro atoms. The molecule has 324 valence electrons. The Labute approximate surface area is 348 Å². The standard InChI is InChI=1S/C50H88O3S.CH2O/c1-3-5-7-9-11-13-15-17-19-21-23-25-27-29-31-33-35-37-41-46-45-47-42-39-40-44-49(47)50(54(51,52)53)48(46)43-38-36-34-32-30-28-26-24-22-20-18-16-14-12-10-8-6-4-2;1-2/h39-40,42,44-45H,3-38,41,43H2,1-2H3,(H,51,52,53);1H2. The van der Waals surface area contributed by atoms with Crippen LogP contribution in [0.1, 0.15) is 256 Å².